The topological polar surface area (TPSA) is 51.2 Å². The van der Waals surface area contributed by atoms with Gasteiger partial charge in [-0.1, -0.05) is 24.3 Å². The summed E-state index contributed by atoms with van der Waals surface area (Å²) in [5.41, 5.74) is 0.993. The number of hydrogen-bond acceptors (Lipinski definition) is 4. The summed E-state index contributed by atoms with van der Waals surface area (Å²) in [6, 6.07) is 13.7. The van der Waals surface area contributed by atoms with E-state index in [1.165, 1.54) is 23.5 Å². The van der Waals surface area contributed by atoms with Crippen LogP contribution in [0, 0.1) is 0 Å². The number of carbonyl (C=O) groups is 1. The molecule has 0 unspecified atom stereocenters. The van der Waals surface area contributed by atoms with Crippen molar-refractivity contribution in [2.75, 3.05) is 6.26 Å². The van der Waals surface area contributed by atoms with Crippen LogP contribution in [0.3, 0.4) is 0 Å². The Labute approximate surface area is 126 Å². The fourth-order valence-electron chi connectivity index (χ4n) is 2.20. The first-order valence-electron chi connectivity index (χ1n) is 6.28. The van der Waals surface area contributed by atoms with Crippen molar-refractivity contribution >= 4 is 37.0 Å². The van der Waals surface area contributed by atoms with Gasteiger partial charge < -0.3 is 0 Å². The molecule has 0 aliphatic rings. The Kier molecular flexibility index (Phi) is 3.39. The van der Waals surface area contributed by atoms with Gasteiger partial charge in [-0.15, -0.1) is 11.3 Å². The van der Waals surface area contributed by atoms with E-state index in [4.69, 9.17) is 0 Å². The minimum Gasteiger partial charge on any atom is -0.289 e. The first kappa shape index (κ1) is 14.0. The number of ketones is 1. The fraction of sp³-hybridized carbons (Fsp3) is 0.0625. The van der Waals surface area contributed by atoms with Gasteiger partial charge in [0.1, 0.15) is 0 Å². The van der Waals surface area contributed by atoms with Crippen molar-refractivity contribution in [2.24, 2.45) is 0 Å². The van der Waals surface area contributed by atoms with E-state index in [1.807, 2.05) is 23.6 Å². The Hall–Kier alpha value is -1.98. The van der Waals surface area contributed by atoms with Crippen molar-refractivity contribution in [3.8, 4) is 0 Å². The van der Waals surface area contributed by atoms with Crippen LogP contribution in [0.5, 0.6) is 0 Å². The van der Waals surface area contributed by atoms with Gasteiger partial charge in [0.15, 0.2) is 15.6 Å². The molecule has 0 radical (unpaired) electrons. The third kappa shape index (κ3) is 2.62. The second kappa shape index (κ2) is 5.09. The summed E-state index contributed by atoms with van der Waals surface area (Å²) in [5, 5.41) is 2.96. The zero-order valence-corrected chi connectivity index (χ0v) is 12.9. The summed E-state index contributed by atoms with van der Waals surface area (Å²) in [7, 11) is -3.32. The lowest BCUT2D eigenvalue weighted by Gasteiger charge is -2.05. The summed E-state index contributed by atoms with van der Waals surface area (Å²) in [6.45, 7) is 0. The first-order chi connectivity index (χ1) is 9.97. The van der Waals surface area contributed by atoms with Gasteiger partial charge in [-0.05, 0) is 35.0 Å². The number of sulfone groups is 1. The van der Waals surface area contributed by atoms with Crippen LogP contribution in [0.15, 0.2) is 58.8 Å². The zero-order valence-electron chi connectivity index (χ0n) is 11.2. The molecule has 3 rings (SSSR count). The van der Waals surface area contributed by atoms with Crippen LogP contribution >= 0.6 is 11.3 Å². The van der Waals surface area contributed by atoms with E-state index in [-0.39, 0.29) is 10.7 Å². The number of thiophene rings is 1. The van der Waals surface area contributed by atoms with Crippen molar-refractivity contribution in [1.82, 2.24) is 0 Å². The molecule has 21 heavy (non-hydrogen) atoms. The van der Waals surface area contributed by atoms with Crippen LogP contribution in [-0.4, -0.2) is 20.5 Å². The average Bonchev–Trinajstić information content (AvgIpc) is 2.94. The molecule has 0 saturated heterocycles. The van der Waals surface area contributed by atoms with Gasteiger partial charge in [-0.2, -0.15) is 0 Å². The smallest absolute Gasteiger partial charge is 0.194 e. The molecule has 0 N–H and O–H groups in total. The van der Waals surface area contributed by atoms with Crippen molar-refractivity contribution < 1.29 is 13.2 Å². The maximum Gasteiger partial charge on any atom is 0.194 e. The number of benzene rings is 2. The van der Waals surface area contributed by atoms with Crippen LogP contribution in [0.25, 0.3) is 10.1 Å². The van der Waals surface area contributed by atoms with Gasteiger partial charge >= 0.3 is 0 Å². The van der Waals surface area contributed by atoms with Gasteiger partial charge in [-0.3, -0.25) is 4.79 Å². The van der Waals surface area contributed by atoms with E-state index >= 15 is 0 Å². The van der Waals surface area contributed by atoms with Crippen LogP contribution < -0.4 is 0 Å². The highest BCUT2D eigenvalue weighted by Crippen LogP contribution is 2.27. The predicted octanol–water partition coefficient (Wildman–Crippen LogP) is 3.54. The van der Waals surface area contributed by atoms with Crippen molar-refractivity contribution in [3.63, 3.8) is 0 Å². The normalized spacial score (nSPS) is 11.7. The molecular weight excluding hydrogens is 304 g/mol. The molecular formula is C16H12O3S2. The summed E-state index contributed by atoms with van der Waals surface area (Å²) >= 11 is 1.51. The third-order valence-electron chi connectivity index (χ3n) is 3.25. The van der Waals surface area contributed by atoms with Gasteiger partial charge in [0.05, 0.1) is 4.90 Å². The summed E-state index contributed by atoms with van der Waals surface area (Å²) in [5.74, 6) is -0.159. The summed E-state index contributed by atoms with van der Waals surface area (Å²) in [6.07, 6.45) is 1.14. The summed E-state index contributed by atoms with van der Waals surface area (Å²) in [4.78, 5) is 12.8. The quantitative estimate of drug-likeness (QED) is 0.695. The van der Waals surface area contributed by atoms with Gasteiger partial charge in [0, 0.05) is 22.1 Å². The van der Waals surface area contributed by atoms with Crippen molar-refractivity contribution in [1.29, 1.82) is 0 Å². The van der Waals surface area contributed by atoms with E-state index in [9.17, 15) is 13.2 Å². The Bertz CT molecular complexity index is 937. The van der Waals surface area contributed by atoms with Crippen molar-refractivity contribution in [3.05, 3.63) is 65.0 Å². The number of carbonyl (C=O) groups excluding carboxylic acids is 1. The fourth-order valence-corrected chi connectivity index (χ4v) is 3.77. The zero-order chi connectivity index (χ0) is 15.0. The van der Waals surface area contributed by atoms with Crippen LogP contribution in [0.2, 0.25) is 0 Å². The van der Waals surface area contributed by atoms with Gasteiger partial charge in [-0.25, -0.2) is 8.42 Å². The Morgan fingerprint density at radius 2 is 1.81 bits per heavy atom. The Morgan fingerprint density at radius 3 is 2.57 bits per heavy atom. The molecule has 0 spiro atoms. The van der Waals surface area contributed by atoms with Gasteiger partial charge in [0.25, 0.3) is 0 Å². The highest BCUT2D eigenvalue weighted by molar-refractivity contribution is 7.90. The average molecular weight is 316 g/mol. The monoisotopic (exact) mass is 316 g/mol. The highest BCUT2D eigenvalue weighted by Gasteiger charge is 2.15. The lowest BCUT2D eigenvalue weighted by atomic mass is 10.0. The molecule has 0 aliphatic carbocycles. The second-order valence-corrected chi connectivity index (χ2v) is 7.71. The molecule has 3 nitrogen and oxygen atoms in total. The Morgan fingerprint density at radius 1 is 1.05 bits per heavy atom. The van der Waals surface area contributed by atoms with E-state index < -0.39 is 9.84 Å². The van der Waals surface area contributed by atoms with Crippen LogP contribution in [0.1, 0.15) is 15.9 Å². The first-order valence-corrected chi connectivity index (χ1v) is 9.05. The number of fused-ring (bicyclic) bond motifs is 1. The molecule has 0 aliphatic heterocycles. The molecule has 0 fully saturated rings. The molecule has 0 bridgehead atoms. The summed E-state index contributed by atoms with van der Waals surface area (Å²) < 4.78 is 24.1. The van der Waals surface area contributed by atoms with Crippen molar-refractivity contribution in [2.45, 2.75) is 4.90 Å². The molecule has 3 aromatic rings. The SMILES string of the molecule is CS(=O)(=O)c1cccc(C(=O)c2cccc3ccsc23)c1. The van der Waals surface area contributed by atoms with E-state index in [0.717, 1.165) is 16.3 Å². The number of rotatable bonds is 3. The maximum atomic E-state index is 12.6. The molecule has 1 heterocycles. The maximum absolute atomic E-state index is 12.6. The molecule has 0 atom stereocenters. The third-order valence-corrected chi connectivity index (χ3v) is 5.32. The molecule has 106 valence electrons. The molecule has 0 saturated carbocycles. The molecule has 5 heteroatoms. The van der Waals surface area contributed by atoms with E-state index in [2.05, 4.69) is 0 Å². The second-order valence-electron chi connectivity index (χ2n) is 4.77. The molecule has 2 aromatic carbocycles. The van der Waals surface area contributed by atoms with E-state index in [1.54, 1.807) is 18.2 Å². The molecule has 1 aromatic heterocycles. The lowest BCUT2D eigenvalue weighted by molar-refractivity contribution is 0.104. The largest absolute Gasteiger partial charge is 0.289 e. The van der Waals surface area contributed by atoms with Crippen LogP contribution in [-0.2, 0) is 9.84 Å². The predicted molar refractivity (Wildman–Crippen MR) is 84.8 cm³/mol. The van der Waals surface area contributed by atoms with E-state index in [0.29, 0.717) is 11.1 Å². The van der Waals surface area contributed by atoms with Crippen LogP contribution in [0.4, 0.5) is 0 Å². The minimum absolute atomic E-state index is 0.159. The minimum atomic E-state index is -3.32. The highest BCUT2D eigenvalue weighted by atomic mass is 32.2. The molecule has 0 amide bonds. The Balaban J connectivity index is 2.13. The number of hydrogen-bond donors (Lipinski definition) is 0. The van der Waals surface area contributed by atoms with Gasteiger partial charge in [0.2, 0.25) is 0 Å². The lowest BCUT2D eigenvalue weighted by Crippen LogP contribution is -2.04. The standard InChI is InChI=1S/C16H12O3S2/c1-21(18,19)13-6-2-5-12(10-13)15(17)14-7-3-4-11-8-9-20-16(11)14/h2-10H,1H3.